The minimum Gasteiger partial charge on any atom is -0.483 e. The molecule has 0 bridgehead atoms. The quantitative estimate of drug-likeness (QED) is 0.239. The van der Waals surface area contributed by atoms with Crippen LogP contribution in [0.4, 0.5) is 10.2 Å². The van der Waals surface area contributed by atoms with E-state index < -0.39 is 5.82 Å². The molecule has 2 aromatic carbocycles. The van der Waals surface area contributed by atoms with Gasteiger partial charge in [0.05, 0.1) is 23.4 Å². The monoisotopic (exact) mass is 619 g/mol. The Morgan fingerprint density at radius 1 is 1.14 bits per heavy atom. The van der Waals surface area contributed by atoms with E-state index in [1.165, 1.54) is 0 Å². The van der Waals surface area contributed by atoms with Crippen LogP contribution < -0.4 is 9.64 Å². The van der Waals surface area contributed by atoms with E-state index in [2.05, 4.69) is 14.9 Å². The molecule has 0 unspecified atom stereocenters. The van der Waals surface area contributed by atoms with Crippen molar-refractivity contribution in [3.63, 3.8) is 0 Å². The number of esters is 1. The molecular weight excluding hydrogens is 589 g/mol. The number of aromatic nitrogens is 3. The number of pyridine rings is 1. The Morgan fingerprint density at radius 2 is 1.89 bits per heavy atom. The highest BCUT2D eigenvalue weighted by molar-refractivity contribution is 6.36. The zero-order valence-electron chi connectivity index (χ0n) is 23.9. The summed E-state index contributed by atoms with van der Waals surface area (Å²) < 4.78 is 28.3. The van der Waals surface area contributed by atoms with Gasteiger partial charge in [-0.2, -0.15) is 9.97 Å². The molecule has 10 nitrogen and oxygen atoms in total. The fourth-order valence-corrected chi connectivity index (χ4v) is 7.61. The lowest BCUT2D eigenvalue weighted by Gasteiger charge is -2.43. The Morgan fingerprint density at radius 3 is 2.61 bits per heavy atom. The molecule has 0 radical (unpaired) electrons. The van der Waals surface area contributed by atoms with Crippen molar-refractivity contribution in [3.05, 3.63) is 53.4 Å². The van der Waals surface area contributed by atoms with Gasteiger partial charge in [0.1, 0.15) is 29.7 Å². The van der Waals surface area contributed by atoms with Crippen molar-refractivity contribution in [2.75, 3.05) is 37.7 Å². The minimum atomic E-state index is -0.546. The fraction of sp³-hybridized carbons (Fsp3) is 0.406. The lowest BCUT2D eigenvalue weighted by atomic mass is 9.89. The van der Waals surface area contributed by atoms with Crippen LogP contribution in [0.1, 0.15) is 32.1 Å². The summed E-state index contributed by atoms with van der Waals surface area (Å²) in [6.07, 6.45) is 6.57. The Labute approximate surface area is 257 Å². The van der Waals surface area contributed by atoms with Crippen LogP contribution in [0.25, 0.3) is 32.9 Å². The number of carboxylic acid groups (broad SMARTS) is 1. The molecule has 0 saturated carbocycles. The van der Waals surface area contributed by atoms with Crippen molar-refractivity contribution >= 4 is 51.5 Å². The van der Waals surface area contributed by atoms with Gasteiger partial charge in [0.25, 0.3) is 6.47 Å². The van der Waals surface area contributed by atoms with Crippen molar-refractivity contribution in [3.8, 4) is 17.3 Å². The summed E-state index contributed by atoms with van der Waals surface area (Å²) in [4.78, 5) is 38.8. The first-order chi connectivity index (χ1) is 21.4. The number of rotatable bonds is 5. The Bertz CT molecular complexity index is 1760. The van der Waals surface area contributed by atoms with Crippen LogP contribution >= 0.6 is 11.6 Å². The smallest absolute Gasteiger partial charge is 0.319 e. The molecule has 2 aromatic heterocycles. The topological polar surface area (TPSA) is 118 Å². The predicted octanol–water partition coefficient (Wildman–Crippen LogP) is 5.10. The maximum Gasteiger partial charge on any atom is 0.319 e. The van der Waals surface area contributed by atoms with Crippen molar-refractivity contribution in [2.45, 2.75) is 43.7 Å². The minimum absolute atomic E-state index is 0.00138. The molecule has 6 heterocycles. The highest BCUT2D eigenvalue weighted by atomic mass is 35.5. The van der Waals surface area contributed by atoms with Gasteiger partial charge in [0.15, 0.2) is 5.82 Å². The standard InChI is InChI=1S/C31H29ClFN5O3.CH2O2/c32-22-8-2-6-18-5-1-7-20(24(18)22)26-25(33)27-21(15-34-26)28(37-14-9-19-23(16-37)41-29(19)39)36-30(35-27)40-17-31-10-3-12-38(31)13-4-11-31;2-1-3/h1-2,5-8,15,19,23H,3-4,9-14,16-17H2;1H,(H,2,3)/t19-,23+;/m1./s1. The number of benzene rings is 2. The number of fused-ring (bicyclic) bond motifs is 4. The first kappa shape index (κ1) is 28.7. The summed E-state index contributed by atoms with van der Waals surface area (Å²) in [5, 5.41) is 9.56. The van der Waals surface area contributed by atoms with Crippen LogP contribution in [-0.4, -0.2) is 81.8 Å². The van der Waals surface area contributed by atoms with Crippen molar-refractivity contribution in [1.82, 2.24) is 19.9 Å². The summed E-state index contributed by atoms with van der Waals surface area (Å²) in [5.41, 5.74) is 0.927. The van der Waals surface area contributed by atoms with Gasteiger partial charge in [-0.25, -0.2) is 4.39 Å². The van der Waals surface area contributed by atoms with Gasteiger partial charge in [-0.3, -0.25) is 19.5 Å². The zero-order chi connectivity index (χ0) is 30.4. The first-order valence-corrected chi connectivity index (χ1v) is 15.3. The predicted molar refractivity (Wildman–Crippen MR) is 162 cm³/mol. The molecule has 8 rings (SSSR count). The van der Waals surface area contributed by atoms with Crippen molar-refractivity contribution < 1.29 is 28.6 Å². The molecule has 0 amide bonds. The highest BCUT2D eigenvalue weighted by Crippen LogP contribution is 2.41. The summed E-state index contributed by atoms with van der Waals surface area (Å²) in [6, 6.07) is 11.4. The molecule has 1 N–H and O–H groups in total. The zero-order valence-corrected chi connectivity index (χ0v) is 24.7. The number of hydrogen-bond donors (Lipinski definition) is 1. The molecule has 44 heavy (non-hydrogen) atoms. The average Bonchev–Trinajstić information content (AvgIpc) is 3.60. The second kappa shape index (κ2) is 11.4. The van der Waals surface area contributed by atoms with Gasteiger partial charge in [-0.1, -0.05) is 41.9 Å². The number of piperidine rings is 1. The largest absolute Gasteiger partial charge is 0.483 e. The highest BCUT2D eigenvalue weighted by Gasteiger charge is 2.47. The molecular formula is C32H31ClFN5O5. The number of halogens is 2. The van der Waals surface area contributed by atoms with Crippen LogP contribution in [0.5, 0.6) is 6.01 Å². The number of nitrogens with zero attached hydrogens (tertiary/aromatic N) is 5. The van der Waals surface area contributed by atoms with Gasteiger partial charge >= 0.3 is 12.0 Å². The lowest BCUT2D eigenvalue weighted by Crippen LogP contribution is -2.56. The van der Waals surface area contributed by atoms with Crippen molar-refractivity contribution in [2.24, 2.45) is 5.92 Å². The number of hydrogen-bond acceptors (Lipinski definition) is 9. The third-order valence-electron chi connectivity index (χ3n) is 9.46. The Kier molecular flexibility index (Phi) is 7.45. The molecule has 4 aromatic rings. The van der Waals surface area contributed by atoms with Gasteiger partial charge in [0.2, 0.25) is 0 Å². The van der Waals surface area contributed by atoms with Crippen LogP contribution in [0.15, 0.2) is 42.6 Å². The third-order valence-corrected chi connectivity index (χ3v) is 9.78. The maximum absolute atomic E-state index is 16.6. The second-order valence-electron chi connectivity index (χ2n) is 11.8. The van der Waals surface area contributed by atoms with E-state index in [4.69, 9.17) is 36.0 Å². The number of carbonyl (C=O) groups excluding carboxylic acids is 1. The van der Waals surface area contributed by atoms with Crippen LogP contribution in [0.3, 0.4) is 0 Å². The van der Waals surface area contributed by atoms with E-state index in [0.29, 0.717) is 47.9 Å². The number of ether oxygens (including phenoxy) is 2. The molecule has 4 aliphatic rings. The molecule has 12 heteroatoms. The SMILES string of the molecule is O=C1O[C@H]2CN(c3nc(OCC45CCCN4CCC5)nc4c(F)c(-c5cccc6cccc(Cl)c56)ncc34)CC[C@@H]12.O=CO. The molecule has 4 saturated heterocycles. The third kappa shape index (κ3) is 4.78. The van der Waals surface area contributed by atoms with E-state index in [1.807, 2.05) is 35.2 Å². The summed E-state index contributed by atoms with van der Waals surface area (Å²) in [7, 11) is 0. The van der Waals surface area contributed by atoms with Gasteiger partial charge in [0, 0.05) is 28.7 Å². The molecule has 4 aliphatic heterocycles. The van der Waals surface area contributed by atoms with E-state index >= 15 is 4.39 Å². The molecule has 0 aliphatic carbocycles. The molecule has 4 fully saturated rings. The summed E-state index contributed by atoms with van der Waals surface area (Å²) in [5.74, 6) is -0.223. The van der Waals surface area contributed by atoms with E-state index in [9.17, 15) is 4.79 Å². The summed E-state index contributed by atoms with van der Waals surface area (Å²) >= 11 is 6.58. The Hall–Kier alpha value is -4.09. The first-order valence-electron chi connectivity index (χ1n) is 14.9. The molecule has 2 atom stereocenters. The van der Waals surface area contributed by atoms with Gasteiger partial charge in [-0.15, -0.1) is 0 Å². The Balaban J connectivity index is 0.00000100. The molecule has 228 valence electrons. The van der Waals surface area contributed by atoms with Crippen LogP contribution in [-0.2, 0) is 14.3 Å². The average molecular weight is 620 g/mol. The number of carbonyl (C=O) groups is 2. The second-order valence-corrected chi connectivity index (χ2v) is 12.2. The van der Waals surface area contributed by atoms with Gasteiger partial charge < -0.3 is 19.5 Å². The normalized spacial score (nSPS) is 22.0. The van der Waals surface area contributed by atoms with E-state index in [-0.39, 0.29) is 47.2 Å². The molecule has 0 spiro atoms. The summed E-state index contributed by atoms with van der Waals surface area (Å²) in [6.45, 7) is 3.47. The van der Waals surface area contributed by atoms with Crippen molar-refractivity contribution in [1.29, 1.82) is 0 Å². The maximum atomic E-state index is 16.6. The van der Waals surface area contributed by atoms with E-state index in [1.54, 1.807) is 12.3 Å². The van der Waals surface area contributed by atoms with Crippen LogP contribution in [0, 0.1) is 11.7 Å². The van der Waals surface area contributed by atoms with Gasteiger partial charge in [-0.05, 0) is 56.6 Å². The lowest BCUT2D eigenvalue weighted by molar-refractivity contribution is -0.185. The van der Waals surface area contributed by atoms with E-state index in [0.717, 1.165) is 49.5 Å². The van der Waals surface area contributed by atoms with Crippen LogP contribution in [0.2, 0.25) is 5.02 Å². The number of anilines is 1. The fourth-order valence-electron chi connectivity index (χ4n) is 7.33.